The molecule has 1 atom stereocenters. The molecule has 0 radical (unpaired) electrons. The molecule has 1 unspecified atom stereocenters. The first kappa shape index (κ1) is 16.0. The maximum atomic E-state index is 12.0. The molecule has 0 saturated carbocycles. The first-order chi connectivity index (χ1) is 9.08. The SMILES string of the molecule is CCC(CC)NC(=O)CNC(C)C(=O)N1CCCC1. The minimum Gasteiger partial charge on any atom is -0.352 e. The third-order valence-corrected chi connectivity index (χ3v) is 3.71. The monoisotopic (exact) mass is 269 g/mol. The predicted molar refractivity (Wildman–Crippen MR) is 75.8 cm³/mol. The van der Waals surface area contributed by atoms with Crippen LogP contribution in [0.15, 0.2) is 0 Å². The van der Waals surface area contributed by atoms with Gasteiger partial charge in [0.2, 0.25) is 11.8 Å². The number of carbonyl (C=O) groups excluding carboxylic acids is 2. The van der Waals surface area contributed by atoms with Gasteiger partial charge in [-0.15, -0.1) is 0 Å². The van der Waals surface area contributed by atoms with E-state index in [0.29, 0.717) is 0 Å². The van der Waals surface area contributed by atoms with E-state index in [1.807, 2.05) is 11.8 Å². The zero-order valence-electron chi connectivity index (χ0n) is 12.4. The van der Waals surface area contributed by atoms with Gasteiger partial charge in [0, 0.05) is 19.1 Å². The van der Waals surface area contributed by atoms with E-state index in [2.05, 4.69) is 24.5 Å². The van der Waals surface area contributed by atoms with Crippen LogP contribution in [-0.4, -0.2) is 48.4 Å². The van der Waals surface area contributed by atoms with E-state index in [1.54, 1.807) is 0 Å². The second kappa shape index (κ2) is 8.15. The van der Waals surface area contributed by atoms with Crippen LogP contribution < -0.4 is 10.6 Å². The lowest BCUT2D eigenvalue weighted by molar-refractivity contribution is -0.132. The van der Waals surface area contributed by atoms with E-state index in [9.17, 15) is 9.59 Å². The molecule has 2 N–H and O–H groups in total. The number of amides is 2. The summed E-state index contributed by atoms with van der Waals surface area (Å²) < 4.78 is 0. The molecule has 5 heteroatoms. The van der Waals surface area contributed by atoms with Gasteiger partial charge in [0.25, 0.3) is 0 Å². The van der Waals surface area contributed by atoms with Gasteiger partial charge in [-0.2, -0.15) is 0 Å². The fourth-order valence-corrected chi connectivity index (χ4v) is 2.32. The van der Waals surface area contributed by atoms with Crippen LogP contribution in [0, 0.1) is 0 Å². The Morgan fingerprint density at radius 2 is 1.74 bits per heavy atom. The molecular weight excluding hydrogens is 242 g/mol. The highest BCUT2D eigenvalue weighted by Gasteiger charge is 2.23. The number of likely N-dealkylation sites (tertiary alicyclic amines) is 1. The van der Waals surface area contributed by atoms with Crippen LogP contribution in [0.25, 0.3) is 0 Å². The lowest BCUT2D eigenvalue weighted by Gasteiger charge is -2.21. The summed E-state index contributed by atoms with van der Waals surface area (Å²) in [6.45, 7) is 7.85. The average molecular weight is 269 g/mol. The van der Waals surface area contributed by atoms with Gasteiger partial charge in [0.05, 0.1) is 12.6 Å². The summed E-state index contributed by atoms with van der Waals surface area (Å²) in [7, 11) is 0. The van der Waals surface area contributed by atoms with E-state index in [0.717, 1.165) is 38.8 Å². The van der Waals surface area contributed by atoms with Crippen LogP contribution in [0.4, 0.5) is 0 Å². The van der Waals surface area contributed by atoms with Crippen molar-refractivity contribution in [3.05, 3.63) is 0 Å². The van der Waals surface area contributed by atoms with Crippen LogP contribution in [0.3, 0.4) is 0 Å². The lowest BCUT2D eigenvalue weighted by atomic mass is 10.2. The number of carbonyl (C=O) groups is 2. The normalized spacial score (nSPS) is 16.7. The van der Waals surface area contributed by atoms with Crippen molar-refractivity contribution in [2.45, 2.75) is 58.5 Å². The highest BCUT2D eigenvalue weighted by molar-refractivity contribution is 5.83. The van der Waals surface area contributed by atoms with Gasteiger partial charge in [-0.05, 0) is 32.6 Å². The summed E-state index contributed by atoms with van der Waals surface area (Å²) >= 11 is 0. The summed E-state index contributed by atoms with van der Waals surface area (Å²) in [6.07, 6.45) is 4.05. The number of nitrogens with zero attached hydrogens (tertiary/aromatic N) is 1. The molecule has 110 valence electrons. The van der Waals surface area contributed by atoms with E-state index < -0.39 is 0 Å². The number of rotatable bonds is 7. The smallest absolute Gasteiger partial charge is 0.239 e. The number of hydrogen-bond acceptors (Lipinski definition) is 3. The second-order valence-electron chi connectivity index (χ2n) is 5.22. The van der Waals surface area contributed by atoms with Crippen molar-refractivity contribution in [1.82, 2.24) is 15.5 Å². The maximum absolute atomic E-state index is 12.0. The van der Waals surface area contributed by atoms with Crippen LogP contribution in [0.1, 0.15) is 46.5 Å². The van der Waals surface area contributed by atoms with Gasteiger partial charge in [0.15, 0.2) is 0 Å². The van der Waals surface area contributed by atoms with Crippen LogP contribution >= 0.6 is 0 Å². The van der Waals surface area contributed by atoms with Gasteiger partial charge in [-0.3, -0.25) is 14.9 Å². The predicted octanol–water partition coefficient (Wildman–Crippen LogP) is 0.892. The molecule has 0 aromatic rings. The van der Waals surface area contributed by atoms with Crippen molar-refractivity contribution >= 4 is 11.8 Å². The van der Waals surface area contributed by atoms with Crippen molar-refractivity contribution in [3.8, 4) is 0 Å². The molecule has 1 fully saturated rings. The molecule has 0 bridgehead atoms. The third kappa shape index (κ3) is 5.19. The molecule has 1 rings (SSSR count). The van der Waals surface area contributed by atoms with Crippen LogP contribution in [0.5, 0.6) is 0 Å². The van der Waals surface area contributed by atoms with Crippen molar-refractivity contribution in [2.75, 3.05) is 19.6 Å². The molecule has 1 heterocycles. The van der Waals surface area contributed by atoms with E-state index in [-0.39, 0.29) is 30.4 Å². The topological polar surface area (TPSA) is 61.4 Å². The molecule has 0 aromatic heterocycles. The number of nitrogens with one attached hydrogen (secondary N) is 2. The molecule has 0 spiro atoms. The molecule has 5 nitrogen and oxygen atoms in total. The summed E-state index contributed by atoms with van der Waals surface area (Å²) in [5, 5.41) is 5.96. The Labute approximate surface area is 116 Å². The fourth-order valence-electron chi connectivity index (χ4n) is 2.32. The molecule has 1 aliphatic heterocycles. The molecule has 2 amide bonds. The van der Waals surface area contributed by atoms with Crippen LogP contribution in [0.2, 0.25) is 0 Å². The van der Waals surface area contributed by atoms with Gasteiger partial charge in [-0.1, -0.05) is 13.8 Å². The highest BCUT2D eigenvalue weighted by Crippen LogP contribution is 2.08. The third-order valence-electron chi connectivity index (χ3n) is 3.71. The Kier molecular flexibility index (Phi) is 6.84. The molecule has 0 aliphatic carbocycles. The van der Waals surface area contributed by atoms with Crippen molar-refractivity contribution in [3.63, 3.8) is 0 Å². The lowest BCUT2D eigenvalue weighted by Crippen LogP contribution is -2.48. The quantitative estimate of drug-likeness (QED) is 0.721. The fraction of sp³-hybridized carbons (Fsp3) is 0.857. The van der Waals surface area contributed by atoms with Crippen molar-refractivity contribution < 1.29 is 9.59 Å². The molecule has 1 aliphatic rings. The molecule has 1 saturated heterocycles. The Balaban J connectivity index is 2.26. The number of hydrogen-bond donors (Lipinski definition) is 2. The maximum Gasteiger partial charge on any atom is 0.239 e. The molecule has 0 aromatic carbocycles. The first-order valence-electron chi connectivity index (χ1n) is 7.40. The first-order valence-corrected chi connectivity index (χ1v) is 7.40. The van der Waals surface area contributed by atoms with E-state index in [4.69, 9.17) is 0 Å². The highest BCUT2D eigenvalue weighted by atomic mass is 16.2. The summed E-state index contributed by atoms with van der Waals surface area (Å²) in [4.78, 5) is 25.6. The van der Waals surface area contributed by atoms with E-state index in [1.165, 1.54) is 0 Å². The Morgan fingerprint density at radius 3 is 2.26 bits per heavy atom. The summed E-state index contributed by atoms with van der Waals surface area (Å²) in [5.41, 5.74) is 0. The second-order valence-corrected chi connectivity index (χ2v) is 5.22. The zero-order valence-corrected chi connectivity index (χ0v) is 12.4. The van der Waals surface area contributed by atoms with Crippen molar-refractivity contribution in [2.24, 2.45) is 0 Å². The van der Waals surface area contributed by atoms with Gasteiger partial charge in [-0.25, -0.2) is 0 Å². The minimum atomic E-state index is -0.287. The zero-order chi connectivity index (χ0) is 14.3. The Bertz CT molecular complexity index is 297. The Hall–Kier alpha value is -1.10. The standard InChI is InChI=1S/C14H27N3O2/c1-4-12(5-2)16-13(18)10-15-11(3)14(19)17-8-6-7-9-17/h11-12,15H,4-10H2,1-3H3,(H,16,18). The van der Waals surface area contributed by atoms with Crippen molar-refractivity contribution in [1.29, 1.82) is 0 Å². The average Bonchev–Trinajstić information content (AvgIpc) is 2.95. The van der Waals surface area contributed by atoms with E-state index >= 15 is 0 Å². The summed E-state index contributed by atoms with van der Waals surface area (Å²) in [6, 6.07) is -0.0514. The minimum absolute atomic E-state index is 0.0326. The molecule has 19 heavy (non-hydrogen) atoms. The van der Waals surface area contributed by atoms with Crippen LogP contribution in [-0.2, 0) is 9.59 Å². The molecular formula is C14H27N3O2. The van der Waals surface area contributed by atoms with Gasteiger partial charge < -0.3 is 10.2 Å². The van der Waals surface area contributed by atoms with Gasteiger partial charge >= 0.3 is 0 Å². The van der Waals surface area contributed by atoms with Gasteiger partial charge in [0.1, 0.15) is 0 Å². The Morgan fingerprint density at radius 1 is 1.16 bits per heavy atom. The summed E-state index contributed by atoms with van der Waals surface area (Å²) in [5.74, 6) is 0.0719. The largest absolute Gasteiger partial charge is 0.352 e.